The predicted octanol–water partition coefficient (Wildman–Crippen LogP) is 3.59. The average molecular weight is 258 g/mol. The first-order valence-electron chi connectivity index (χ1n) is 6.58. The second-order valence-corrected chi connectivity index (χ2v) is 6.10. The molecule has 1 aliphatic rings. The molecule has 2 heterocycles. The summed E-state index contributed by atoms with van der Waals surface area (Å²) in [5, 5.41) is 4.77. The SMILES string of the molecule is Cc1sc(C2CCCNC2)nc1-c1ccccc1. The highest BCUT2D eigenvalue weighted by molar-refractivity contribution is 7.12. The number of thiazole rings is 1. The standard InChI is InChI=1S/C15H18N2S/c1-11-14(12-6-3-2-4-7-12)17-15(18-11)13-8-5-9-16-10-13/h2-4,6-7,13,16H,5,8-10H2,1H3. The minimum Gasteiger partial charge on any atom is -0.316 e. The van der Waals surface area contributed by atoms with E-state index in [1.807, 2.05) is 11.3 Å². The molecule has 1 N–H and O–H groups in total. The molecule has 18 heavy (non-hydrogen) atoms. The monoisotopic (exact) mass is 258 g/mol. The predicted molar refractivity (Wildman–Crippen MR) is 77.1 cm³/mol. The van der Waals surface area contributed by atoms with Gasteiger partial charge in [0, 0.05) is 22.9 Å². The molecule has 1 saturated heterocycles. The first kappa shape index (κ1) is 11.9. The van der Waals surface area contributed by atoms with Crippen molar-refractivity contribution in [2.45, 2.75) is 25.7 Å². The first-order valence-corrected chi connectivity index (χ1v) is 7.39. The van der Waals surface area contributed by atoms with Crippen LogP contribution in [-0.4, -0.2) is 18.1 Å². The van der Waals surface area contributed by atoms with Crippen molar-refractivity contribution < 1.29 is 0 Å². The lowest BCUT2D eigenvalue weighted by Crippen LogP contribution is -2.28. The van der Waals surface area contributed by atoms with E-state index in [-0.39, 0.29) is 0 Å². The van der Waals surface area contributed by atoms with Crippen molar-refractivity contribution in [2.75, 3.05) is 13.1 Å². The lowest BCUT2D eigenvalue weighted by atomic mass is 10.0. The van der Waals surface area contributed by atoms with Crippen LogP contribution in [0.15, 0.2) is 30.3 Å². The van der Waals surface area contributed by atoms with Gasteiger partial charge in [-0.25, -0.2) is 4.98 Å². The van der Waals surface area contributed by atoms with E-state index in [1.54, 1.807) is 0 Å². The third kappa shape index (κ3) is 2.33. The van der Waals surface area contributed by atoms with Gasteiger partial charge < -0.3 is 5.32 Å². The van der Waals surface area contributed by atoms with Crippen molar-refractivity contribution in [1.82, 2.24) is 10.3 Å². The number of rotatable bonds is 2. The molecule has 2 aromatic rings. The van der Waals surface area contributed by atoms with Gasteiger partial charge >= 0.3 is 0 Å². The molecule has 0 aliphatic carbocycles. The molecule has 94 valence electrons. The quantitative estimate of drug-likeness (QED) is 0.890. The van der Waals surface area contributed by atoms with Gasteiger partial charge in [0.15, 0.2) is 0 Å². The number of aromatic nitrogens is 1. The van der Waals surface area contributed by atoms with Gasteiger partial charge in [0.05, 0.1) is 10.7 Å². The lowest BCUT2D eigenvalue weighted by Gasteiger charge is -2.20. The summed E-state index contributed by atoms with van der Waals surface area (Å²) in [5.41, 5.74) is 2.41. The molecule has 0 saturated carbocycles. The van der Waals surface area contributed by atoms with Gasteiger partial charge in [-0.2, -0.15) is 0 Å². The Morgan fingerprint density at radius 2 is 2.11 bits per heavy atom. The van der Waals surface area contributed by atoms with E-state index in [0.717, 1.165) is 13.1 Å². The third-order valence-corrected chi connectivity index (χ3v) is 4.64. The Balaban J connectivity index is 1.91. The summed E-state index contributed by atoms with van der Waals surface area (Å²) in [7, 11) is 0. The summed E-state index contributed by atoms with van der Waals surface area (Å²) in [5.74, 6) is 0.611. The minimum absolute atomic E-state index is 0.611. The Morgan fingerprint density at radius 3 is 2.83 bits per heavy atom. The summed E-state index contributed by atoms with van der Waals surface area (Å²) in [6, 6.07) is 10.5. The van der Waals surface area contributed by atoms with E-state index in [2.05, 4.69) is 42.6 Å². The summed E-state index contributed by atoms with van der Waals surface area (Å²) in [6.07, 6.45) is 2.54. The van der Waals surface area contributed by atoms with Gasteiger partial charge in [-0.1, -0.05) is 30.3 Å². The fourth-order valence-electron chi connectivity index (χ4n) is 2.52. The van der Waals surface area contributed by atoms with Crippen LogP contribution in [0.1, 0.15) is 28.6 Å². The Hall–Kier alpha value is -1.19. The van der Waals surface area contributed by atoms with Crippen molar-refractivity contribution in [3.63, 3.8) is 0 Å². The molecular weight excluding hydrogens is 240 g/mol. The number of nitrogens with one attached hydrogen (secondary N) is 1. The van der Waals surface area contributed by atoms with Crippen LogP contribution in [0.25, 0.3) is 11.3 Å². The van der Waals surface area contributed by atoms with E-state index in [1.165, 1.54) is 34.0 Å². The minimum atomic E-state index is 0.611. The van der Waals surface area contributed by atoms with Crippen molar-refractivity contribution in [3.8, 4) is 11.3 Å². The maximum absolute atomic E-state index is 4.88. The molecule has 2 nitrogen and oxygen atoms in total. The second kappa shape index (κ2) is 5.21. The number of benzene rings is 1. The number of nitrogens with zero attached hydrogens (tertiary/aromatic N) is 1. The second-order valence-electron chi connectivity index (χ2n) is 4.87. The van der Waals surface area contributed by atoms with E-state index in [9.17, 15) is 0 Å². The van der Waals surface area contributed by atoms with Crippen molar-refractivity contribution in [1.29, 1.82) is 0 Å². The van der Waals surface area contributed by atoms with Crippen LogP contribution in [0.4, 0.5) is 0 Å². The molecule has 3 heteroatoms. The normalized spacial score (nSPS) is 19.9. The summed E-state index contributed by atoms with van der Waals surface area (Å²) < 4.78 is 0. The van der Waals surface area contributed by atoms with Gasteiger partial charge in [-0.05, 0) is 26.3 Å². The van der Waals surface area contributed by atoms with E-state index in [0.29, 0.717) is 5.92 Å². The maximum atomic E-state index is 4.88. The van der Waals surface area contributed by atoms with Crippen LogP contribution >= 0.6 is 11.3 Å². The highest BCUT2D eigenvalue weighted by atomic mass is 32.1. The molecule has 0 amide bonds. The van der Waals surface area contributed by atoms with E-state index < -0.39 is 0 Å². The molecule has 1 aromatic carbocycles. The number of hydrogen-bond donors (Lipinski definition) is 1. The number of hydrogen-bond acceptors (Lipinski definition) is 3. The molecular formula is C15H18N2S. The molecule has 1 unspecified atom stereocenters. The maximum Gasteiger partial charge on any atom is 0.0978 e. The van der Waals surface area contributed by atoms with Gasteiger partial charge in [-0.15, -0.1) is 11.3 Å². The van der Waals surface area contributed by atoms with Crippen LogP contribution < -0.4 is 5.32 Å². The molecule has 1 fully saturated rings. The van der Waals surface area contributed by atoms with Gasteiger partial charge in [0.1, 0.15) is 0 Å². The Morgan fingerprint density at radius 1 is 1.28 bits per heavy atom. The van der Waals surface area contributed by atoms with Crippen LogP contribution in [0, 0.1) is 6.92 Å². The van der Waals surface area contributed by atoms with Crippen LogP contribution in [0.5, 0.6) is 0 Å². The highest BCUT2D eigenvalue weighted by Gasteiger charge is 2.20. The first-order chi connectivity index (χ1) is 8.84. The molecule has 1 aromatic heterocycles. The zero-order valence-corrected chi connectivity index (χ0v) is 11.5. The molecule has 3 rings (SSSR count). The Labute approximate surface area is 112 Å². The van der Waals surface area contributed by atoms with E-state index >= 15 is 0 Å². The topological polar surface area (TPSA) is 24.9 Å². The Kier molecular flexibility index (Phi) is 3.43. The van der Waals surface area contributed by atoms with Gasteiger partial charge in [0.25, 0.3) is 0 Å². The van der Waals surface area contributed by atoms with Crippen molar-refractivity contribution in [3.05, 3.63) is 40.2 Å². The zero-order valence-electron chi connectivity index (χ0n) is 10.6. The fraction of sp³-hybridized carbons (Fsp3) is 0.400. The van der Waals surface area contributed by atoms with Gasteiger partial charge in [0.2, 0.25) is 0 Å². The largest absolute Gasteiger partial charge is 0.316 e. The summed E-state index contributed by atoms with van der Waals surface area (Å²) >= 11 is 1.86. The van der Waals surface area contributed by atoms with Crippen molar-refractivity contribution in [2.24, 2.45) is 0 Å². The van der Waals surface area contributed by atoms with Crippen LogP contribution in [-0.2, 0) is 0 Å². The molecule has 1 atom stereocenters. The number of piperidine rings is 1. The summed E-state index contributed by atoms with van der Waals surface area (Å²) in [6.45, 7) is 4.42. The lowest BCUT2D eigenvalue weighted by molar-refractivity contribution is 0.460. The highest BCUT2D eigenvalue weighted by Crippen LogP contribution is 2.33. The zero-order chi connectivity index (χ0) is 12.4. The van der Waals surface area contributed by atoms with Gasteiger partial charge in [-0.3, -0.25) is 0 Å². The molecule has 0 radical (unpaired) electrons. The van der Waals surface area contributed by atoms with Crippen LogP contribution in [0.3, 0.4) is 0 Å². The molecule has 0 bridgehead atoms. The fourth-order valence-corrected chi connectivity index (χ4v) is 3.60. The Bertz CT molecular complexity index is 513. The molecule has 1 aliphatic heterocycles. The van der Waals surface area contributed by atoms with E-state index in [4.69, 9.17) is 4.98 Å². The van der Waals surface area contributed by atoms with Crippen LogP contribution in [0.2, 0.25) is 0 Å². The molecule has 0 spiro atoms. The summed E-state index contributed by atoms with van der Waals surface area (Å²) in [4.78, 5) is 6.22. The average Bonchev–Trinajstić information content (AvgIpc) is 2.83. The number of aryl methyl sites for hydroxylation is 1. The smallest absolute Gasteiger partial charge is 0.0978 e. The van der Waals surface area contributed by atoms with Crippen molar-refractivity contribution >= 4 is 11.3 Å². The third-order valence-electron chi connectivity index (χ3n) is 3.51.